The zero-order valence-electron chi connectivity index (χ0n) is 9.51. The number of fused-ring (bicyclic) bond motifs is 1. The Bertz CT molecular complexity index is 697. The van der Waals surface area contributed by atoms with Gasteiger partial charge in [-0.2, -0.15) is 0 Å². The molecule has 0 atom stereocenters. The molecule has 0 aliphatic heterocycles. The normalized spacial score (nSPS) is 11.2. The number of nitrogens with zero attached hydrogens (tertiary/aromatic N) is 4. The van der Waals surface area contributed by atoms with Gasteiger partial charge in [0.15, 0.2) is 5.82 Å². The van der Waals surface area contributed by atoms with Crippen molar-refractivity contribution >= 4 is 22.8 Å². The molecule has 86 valence electrons. The second-order valence-electron chi connectivity index (χ2n) is 3.90. The summed E-state index contributed by atoms with van der Waals surface area (Å²) in [6, 6.07) is 3.88. The van der Waals surface area contributed by atoms with Crippen LogP contribution in [0, 0.1) is 13.8 Å². The largest absolute Gasteiger partial charge is 0.397 e. The molecule has 0 aromatic carbocycles. The van der Waals surface area contributed by atoms with Gasteiger partial charge in [0.1, 0.15) is 0 Å². The third kappa shape index (κ3) is 1.49. The maximum atomic E-state index is 5.91. The van der Waals surface area contributed by atoms with Crippen molar-refractivity contribution in [1.82, 2.24) is 19.6 Å². The fourth-order valence-corrected chi connectivity index (χ4v) is 2.67. The van der Waals surface area contributed by atoms with Gasteiger partial charge in [-0.15, -0.1) is 21.5 Å². The lowest BCUT2D eigenvalue weighted by Gasteiger charge is -2.03. The van der Waals surface area contributed by atoms with Crippen molar-refractivity contribution in [3.8, 4) is 10.7 Å². The van der Waals surface area contributed by atoms with Gasteiger partial charge in [0.25, 0.3) is 5.78 Å². The van der Waals surface area contributed by atoms with Crippen LogP contribution >= 0.6 is 11.3 Å². The number of nitrogens with two attached hydrogens (primary N) is 1. The molecular formula is C11H11N5S. The Morgan fingerprint density at radius 1 is 1.29 bits per heavy atom. The summed E-state index contributed by atoms with van der Waals surface area (Å²) >= 11 is 1.56. The first-order chi connectivity index (χ1) is 8.16. The Hall–Kier alpha value is -1.95. The molecule has 0 saturated carbocycles. The van der Waals surface area contributed by atoms with Gasteiger partial charge >= 0.3 is 0 Å². The molecule has 0 spiro atoms. The Labute approximate surface area is 102 Å². The number of anilines is 1. The van der Waals surface area contributed by atoms with E-state index in [1.54, 1.807) is 11.3 Å². The van der Waals surface area contributed by atoms with Crippen LogP contribution in [-0.2, 0) is 0 Å². The standard InChI is InChI=1S/C11H11N5S/c1-6-5-7(2)16-10(14-15-11(16)13-6)9-8(12)3-4-17-9/h3-5H,12H2,1-2H3. The summed E-state index contributed by atoms with van der Waals surface area (Å²) in [5.74, 6) is 1.38. The molecule has 0 fully saturated rings. The summed E-state index contributed by atoms with van der Waals surface area (Å²) < 4.78 is 1.93. The lowest BCUT2D eigenvalue weighted by molar-refractivity contribution is 1.02. The first-order valence-corrected chi connectivity index (χ1v) is 6.07. The van der Waals surface area contributed by atoms with Crippen LogP contribution in [0.4, 0.5) is 5.69 Å². The van der Waals surface area contributed by atoms with Gasteiger partial charge in [-0.05, 0) is 31.4 Å². The van der Waals surface area contributed by atoms with E-state index in [1.165, 1.54) is 0 Å². The highest BCUT2D eigenvalue weighted by molar-refractivity contribution is 7.14. The minimum absolute atomic E-state index is 0.616. The van der Waals surface area contributed by atoms with Crippen LogP contribution in [-0.4, -0.2) is 19.6 Å². The van der Waals surface area contributed by atoms with Crippen molar-refractivity contribution < 1.29 is 0 Å². The molecular weight excluding hydrogens is 234 g/mol. The number of thiophene rings is 1. The molecule has 6 heteroatoms. The molecule has 3 rings (SSSR count). The number of aryl methyl sites for hydroxylation is 2. The van der Waals surface area contributed by atoms with Crippen LogP contribution in [0.2, 0.25) is 0 Å². The van der Waals surface area contributed by atoms with Crippen LogP contribution in [0.15, 0.2) is 17.5 Å². The highest BCUT2D eigenvalue weighted by atomic mass is 32.1. The van der Waals surface area contributed by atoms with Gasteiger partial charge in [0.05, 0.1) is 10.6 Å². The zero-order valence-corrected chi connectivity index (χ0v) is 10.3. The summed E-state index contributed by atoms with van der Waals surface area (Å²) in [6.45, 7) is 3.96. The second-order valence-corrected chi connectivity index (χ2v) is 4.82. The summed E-state index contributed by atoms with van der Waals surface area (Å²) in [5.41, 5.74) is 8.63. The van der Waals surface area contributed by atoms with Gasteiger partial charge in [0.2, 0.25) is 0 Å². The number of hydrogen-bond acceptors (Lipinski definition) is 5. The summed E-state index contributed by atoms with van der Waals surface area (Å²) in [4.78, 5) is 5.29. The second kappa shape index (κ2) is 3.53. The predicted molar refractivity (Wildman–Crippen MR) is 68.0 cm³/mol. The van der Waals surface area contributed by atoms with E-state index in [0.717, 1.165) is 27.8 Å². The van der Waals surface area contributed by atoms with Crippen molar-refractivity contribution in [1.29, 1.82) is 0 Å². The Kier molecular flexibility index (Phi) is 2.12. The number of aromatic nitrogens is 4. The lowest BCUT2D eigenvalue weighted by atomic mass is 10.3. The van der Waals surface area contributed by atoms with E-state index in [9.17, 15) is 0 Å². The van der Waals surface area contributed by atoms with Crippen LogP contribution in [0.3, 0.4) is 0 Å². The van der Waals surface area contributed by atoms with Crippen molar-refractivity contribution in [3.05, 3.63) is 28.9 Å². The smallest absolute Gasteiger partial charge is 0.255 e. The molecule has 0 unspecified atom stereocenters. The van der Waals surface area contributed by atoms with Crippen molar-refractivity contribution in [2.45, 2.75) is 13.8 Å². The molecule has 0 saturated heterocycles. The number of rotatable bonds is 1. The van der Waals surface area contributed by atoms with Gasteiger partial charge < -0.3 is 5.73 Å². The highest BCUT2D eigenvalue weighted by Gasteiger charge is 2.14. The van der Waals surface area contributed by atoms with E-state index in [2.05, 4.69) is 15.2 Å². The maximum absolute atomic E-state index is 5.91. The Balaban J connectivity index is 2.36. The van der Waals surface area contributed by atoms with Crippen LogP contribution < -0.4 is 5.73 Å². The molecule has 2 N–H and O–H groups in total. The molecule has 17 heavy (non-hydrogen) atoms. The fourth-order valence-electron chi connectivity index (χ4n) is 1.88. The summed E-state index contributed by atoms with van der Waals surface area (Å²) in [5, 5.41) is 10.2. The van der Waals surface area contributed by atoms with Crippen molar-refractivity contribution in [2.24, 2.45) is 0 Å². The number of hydrogen-bond donors (Lipinski definition) is 1. The maximum Gasteiger partial charge on any atom is 0.255 e. The van der Waals surface area contributed by atoms with Crippen LogP contribution in [0.5, 0.6) is 0 Å². The topological polar surface area (TPSA) is 69.1 Å². The minimum Gasteiger partial charge on any atom is -0.397 e. The van der Waals surface area contributed by atoms with Gasteiger partial charge in [-0.3, -0.25) is 4.40 Å². The summed E-state index contributed by atoms with van der Waals surface area (Å²) in [7, 11) is 0. The molecule has 0 aliphatic rings. The minimum atomic E-state index is 0.616. The van der Waals surface area contributed by atoms with E-state index < -0.39 is 0 Å². The first-order valence-electron chi connectivity index (χ1n) is 5.19. The van der Waals surface area contributed by atoms with Crippen molar-refractivity contribution in [3.63, 3.8) is 0 Å². The van der Waals surface area contributed by atoms with Crippen molar-refractivity contribution in [2.75, 3.05) is 5.73 Å². The van der Waals surface area contributed by atoms with Gasteiger partial charge in [0, 0.05) is 11.4 Å². The predicted octanol–water partition coefficient (Wildman–Crippen LogP) is 2.05. The molecule has 0 radical (unpaired) electrons. The summed E-state index contributed by atoms with van der Waals surface area (Å²) in [6.07, 6.45) is 0. The van der Waals surface area contributed by atoms with Gasteiger partial charge in [-0.1, -0.05) is 0 Å². The van der Waals surface area contributed by atoms with E-state index >= 15 is 0 Å². The highest BCUT2D eigenvalue weighted by Crippen LogP contribution is 2.30. The fraction of sp³-hybridized carbons (Fsp3) is 0.182. The SMILES string of the molecule is Cc1cc(C)n2c(-c3sccc3N)nnc2n1. The molecule has 5 nitrogen and oxygen atoms in total. The first kappa shape index (κ1) is 10.2. The quantitative estimate of drug-likeness (QED) is 0.712. The molecule has 3 aromatic rings. The third-order valence-electron chi connectivity index (χ3n) is 2.59. The van der Waals surface area contributed by atoms with E-state index in [0.29, 0.717) is 5.78 Å². The molecule has 0 amide bonds. The van der Waals surface area contributed by atoms with Crippen LogP contribution in [0.25, 0.3) is 16.5 Å². The molecule has 3 heterocycles. The molecule has 0 bridgehead atoms. The van der Waals surface area contributed by atoms with E-state index in [4.69, 9.17) is 5.73 Å². The monoisotopic (exact) mass is 245 g/mol. The lowest BCUT2D eigenvalue weighted by Crippen LogP contribution is -1.98. The average molecular weight is 245 g/mol. The Morgan fingerprint density at radius 3 is 2.82 bits per heavy atom. The van der Waals surface area contributed by atoms with Crippen LogP contribution in [0.1, 0.15) is 11.4 Å². The third-order valence-corrected chi connectivity index (χ3v) is 3.52. The van der Waals surface area contributed by atoms with Gasteiger partial charge in [-0.25, -0.2) is 4.98 Å². The average Bonchev–Trinajstić information content (AvgIpc) is 2.83. The Morgan fingerprint density at radius 2 is 2.12 bits per heavy atom. The number of nitrogen functional groups attached to an aromatic ring is 1. The zero-order chi connectivity index (χ0) is 12.0. The van der Waals surface area contributed by atoms with E-state index in [1.807, 2.05) is 35.8 Å². The van der Waals surface area contributed by atoms with E-state index in [-0.39, 0.29) is 0 Å². The molecule has 3 aromatic heterocycles. The molecule has 0 aliphatic carbocycles.